The summed E-state index contributed by atoms with van der Waals surface area (Å²) in [5, 5.41) is 0. The van der Waals surface area contributed by atoms with Gasteiger partial charge in [-0.25, -0.2) is 8.75 Å². The largest absolute Gasteiger partial charge is 0.446 e. The first-order valence-corrected chi connectivity index (χ1v) is 8.38. The maximum absolute atomic E-state index is 12.5. The summed E-state index contributed by atoms with van der Waals surface area (Å²) in [5.74, 6) is 0. The summed E-state index contributed by atoms with van der Waals surface area (Å²) in [6.07, 6.45) is 0.199. The molecule has 1 aromatic carbocycles. The number of aryl methyl sites for hydroxylation is 1. The molecule has 0 bridgehead atoms. The zero-order valence-electron chi connectivity index (χ0n) is 10.6. The van der Waals surface area contributed by atoms with E-state index in [2.05, 4.69) is 8.71 Å². The molecule has 0 spiro atoms. The van der Waals surface area contributed by atoms with E-state index in [0.717, 1.165) is 6.07 Å². The molecule has 0 saturated heterocycles. The van der Waals surface area contributed by atoms with Crippen LogP contribution in [0.4, 0.5) is 13.2 Å². The second kappa shape index (κ2) is 7.55. The lowest BCUT2D eigenvalue weighted by atomic mass is 10.2. The molecule has 0 aromatic heterocycles. The van der Waals surface area contributed by atoms with E-state index in [-0.39, 0.29) is 12.0 Å². The highest BCUT2D eigenvalue weighted by molar-refractivity contribution is 8.00. The first-order chi connectivity index (χ1) is 9.71. The van der Waals surface area contributed by atoms with E-state index in [1.807, 2.05) is 0 Å². The number of hydrogen-bond donors (Lipinski definition) is 0. The third kappa shape index (κ3) is 5.55. The first-order valence-electron chi connectivity index (χ1n) is 5.43. The highest BCUT2D eigenvalue weighted by Crippen LogP contribution is 2.41. The Hall–Kier alpha value is -0.670. The second-order valence-corrected chi connectivity index (χ2v) is 6.61. The zero-order chi connectivity index (χ0) is 16.1. The Morgan fingerprint density at radius 2 is 2.00 bits per heavy atom. The van der Waals surface area contributed by atoms with Gasteiger partial charge < -0.3 is 0 Å². The maximum Gasteiger partial charge on any atom is 0.446 e. The standard InChI is InChI=1S/C10H10F3O5PS2/c1-2-7-4-3-5-8(20-10(11,12)13)9(7)21(15,16)18-6-17-19-14/h3-5H,2,6H2,1H3. The lowest BCUT2D eigenvalue weighted by Gasteiger charge is -2.14. The lowest BCUT2D eigenvalue weighted by Crippen LogP contribution is -2.13. The molecule has 0 unspecified atom stereocenters. The van der Waals surface area contributed by atoms with Crippen molar-refractivity contribution in [2.45, 2.75) is 28.6 Å². The van der Waals surface area contributed by atoms with Crippen LogP contribution in [0, 0.1) is 0 Å². The molecule has 0 heterocycles. The SMILES string of the molecule is CCc1cccc(SC(F)(F)F)c1S(=O)(=O)OCOP=O. The van der Waals surface area contributed by atoms with Crippen molar-refractivity contribution in [1.82, 2.24) is 0 Å². The van der Waals surface area contributed by atoms with Crippen LogP contribution in [-0.4, -0.2) is 20.7 Å². The number of benzene rings is 1. The van der Waals surface area contributed by atoms with Gasteiger partial charge >= 0.3 is 24.3 Å². The van der Waals surface area contributed by atoms with Gasteiger partial charge in [0.15, 0.2) is 6.79 Å². The number of rotatable bonds is 7. The van der Waals surface area contributed by atoms with Gasteiger partial charge in [-0.1, -0.05) is 19.1 Å². The van der Waals surface area contributed by atoms with E-state index < -0.39 is 52.7 Å². The zero-order valence-corrected chi connectivity index (χ0v) is 13.1. The van der Waals surface area contributed by atoms with Gasteiger partial charge in [0.25, 0.3) is 0 Å². The highest BCUT2D eigenvalue weighted by atomic mass is 32.2. The second-order valence-electron chi connectivity index (χ2n) is 3.54. The molecule has 0 aliphatic carbocycles. The van der Waals surface area contributed by atoms with E-state index in [4.69, 9.17) is 0 Å². The first kappa shape index (κ1) is 18.4. The molecule has 118 valence electrons. The quantitative estimate of drug-likeness (QED) is 0.242. The van der Waals surface area contributed by atoms with Crippen LogP contribution in [0.2, 0.25) is 0 Å². The molecule has 5 nitrogen and oxygen atoms in total. The fourth-order valence-electron chi connectivity index (χ4n) is 1.49. The smallest absolute Gasteiger partial charge is 0.265 e. The van der Waals surface area contributed by atoms with Crippen molar-refractivity contribution >= 4 is 30.6 Å². The van der Waals surface area contributed by atoms with Gasteiger partial charge in [0.1, 0.15) is 4.90 Å². The summed E-state index contributed by atoms with van der Waals surface area (Å²) in [6, 6.07) is 3.77. The fourth-order valence-corrected chi connectivity index (χ4v) is 3.85. The van der Waals surface area contributed by atoms with Crippen molar-refractivity contribution in [2.24, 2.45) is 0 Å². The third-order valence-electron chi connectivity index (χ3n) is 2.23. The molecular formula is C10H10F3O5PS2. The average Bonchev–Trinajstić information content (AvgIpc) is 2.36. The van der Waals surface area contributed by atoms with E-state index in [1.54, 1.807) is 6.92 Å². The molecule has 11 heteroatoms. The molecule has 0 saturated carbocycles. The predicted molar refractivity (Wildman–Crippen MR) is 69.6 cm³/mol. The van der Waals surface area contributed by atoms with Crippen molar-refractivity contribution in [3.63, 3.8) is 0 Å². The Kier molecular flexibility index (Phi) is 6.61. The van der Waals surface area contributed by atoms with E-state index >= 15 is 0 Å². The summed E-state index contributed by atoms with van der Waals surface area (Å²) < 4.78 is 80.2. The third-order valence-corrected chi connectivity index (χ3v) is 4.75. The normalized spacial score (nSPS) is 12.8. The molecule has 0 amide bonds. The summed E-state index contributed by atoms with van der Waals surface area (Å²) >= 11 is -0.540. The highest BCUT2D eigenvalue weighted by Gasteiger charge is 2.34. The number of halogens is 3. The summed E-state index contributed by atoms with van der Waals surface area (Å²) in [6.45, 7) is 0.741. The Morgan fingerprint density at radius 3 is 2.52 bits per heavy atom. The van der Waals surface area contributed by atoms with Crippen molar-refractivity contribution in [1.29, 1.82) is 0 Å². The van der Waals surface area contributed by atoms with Crippen LogP contribution in [0.1, 0.15) is 12.5 Å². The minimum atomic E-state index is -4.64. The molecule has 0 atom stereocenters. The van der Waals surface area contributed by atoms with E-state index in [1.165, 1.54) is 12.1 Å². The van der Waals surface area contributed by atoms with Gasteiger partial charge in [-0.05, 0) is 29.8 Å². The van der Waals surface area contributed by atoms with Crippen LogP contribution in [0.5, 0.6) is 0 Å². The summed E-state index contributed by atoms with van der Waals surface area (Å²) in [4.78, 5) is -1.04. The Balaban J connectivity index is 3.27. The van der Waals surface area contributed by atoms with Crippen LogP contribution >= 0.6 is 20.4 Å². The van der Waals surface area contributed by atoms with Crippen LogP contribution in [-0.2, 0) is 29.8 Å². The molecule has 21 heavy (non-hydrogen) atoms. The number of alkyl halides is 3. The Morgan fingerprint density at radius 1 is 1.33 bits per heavy atom. The summed E-state index contributed by atoms with van der Waals surface area (Å²) in [7, 11) is -5.27. The lowest BCUT2D eigenvalue weighted by molar-refractivity contribution is -0.0329. The minimum Gasteiger partial charge on any atom is -0.265 e. The van der Waals surface area contributed by atoms with Crippen LogP contribution in [0.3, 0.4) is 0 Å². The van der Waals surface area contributed by atoms with Gasteiger partial charge in [-0.2, -0.15) is 21.6 Å². The van der Waals surface area contributed by atoms with Gasteiger partial charge in [0.05, 0.1) is 0 Å². The molecule has 0 aliphatic rings. The molecular weight excluding hydrogens is 352 g/mol. The summed E-state index contributed by atoms with van der Waals surface area (Å²) in [5.41, 5.74) is -4.45. The van der Waals surface area contributed by atoms with Crippen molar-refractivity contribution in [3.05, 3.63) is 23.8 Å². The molecule has 0 N–H and O–H groups in total. The monoisotopic (exact) mass is 362 g/mol. The average molecular weight is 362 g/mol. The molecule has 1 aromatic rings. The van der Waals surface area contributed by atoms with Gasteiger partial charge in [0, 0.05) is 4.90 Å². The van der Waals surface area contributed by atoms with Gasteiger partial charge in [-0.15, -0.1) is 0 Å². The topological polar surface area (TPSA) is 69.7 Å². The molecule has 0 aliphatic heterocycles. The molecule has 1 rings (SSSR count). The Bertz CT molecular complexity index is 603. The van der Waals surface area contributed by atoms with Crippen molar-refractivity contribution in [2.75, 3.05) is 6.79 Å². The number of hydrogen-bond acceptors (Lipinski definition) is 6. The predicted octanol–water partition coefficient (Wildman–Crippen LogP) is 3.75. The minimum absolute atomic E-state index is 0.184. The van der Waals surface area contributed by atoms with Crippen molar-refractivity contribution in [3.8, 4) is 0 Å². The maximum atomic E-state index is 12.5. The van der Waals surface area contributed by atoms with Crippen molar-refractivity contribution < 1.29 is 34.9 Å². The van der Waals surface area contributed by atoms with Gasteiger partial charge in [0.2, 0.25) is 0 Å². The van der Waals surface area contributed by atoms with Gasteiger partial charge in [-0.3, -0.25) is 4.52 Å². The van der Waals surface area contributed by atoms with E-state index in [9.17, 15) is 26.2 Å². The van der Waals surface area contributed by atoms with E-state index in [0.29, 0.717) is 0 Å². The fraction of sp³-hybridized carbons (Fsp3) is 0.400. The molecule has 0 radical (unpaired) electrons. The van der Waals surface area contributed by atoms with Crippen LogP contribution in [0.15, 0.2) is 28.0 Å². The van der Waals surface area contributed by atoms with Crippen LogP contribution in [0.25, 0.3) is 0 Å². The Labute approximate surface area is 125 Å². The number of thioether (sulfide) groups is 1. The van der Waals surface area contributed by atoms with Crippen LogP contribution < -0.4 is 0 Å². The molecule has 0 fully saturated rings.